The van der Waals surface area contributed by atoms with Crippen molar-refractivity contribution in [2.75, 3.05) is 18.5 Å². The molecule has 4 N–H and O–H groups in total. The van der Waals surface area contributed by atoms with Crippen LogP contribution in [-0.2, 0) is 23.3 Å². The van der Waals surface area contributed by atoms with Gasteiger partial charge in [0.1, 0.15) is 24.6 Å². The number of anilines is 1. The van der Waals surface area contributed by atoms with Crippen molar-refractivity contribution >= 4 is 36.9 Å². The lowest BCUT2D eigenvalue weighted by Gasteiger charge is -2.20. The minimum Gasteiger partial charge on any atom is -0.347 e. The van der Waals surface area contributed by atoms with E-state index in [2.05, 4.69) is 25.6 Å². The van der Waals surface area contributed by atoms with E-state index in [1.54, 1.807) is 10.6 Å². The van der Waals surface area contributed by atoms with E-state index >= 15 is 0 Å². The first-order valence-corrected chi connectivity index (χ1v) is 13.5. The average molecular weight is 546 g/mol. The summed E-state index contributed by atoms with van der Waals surface area (Å²) in [5.41, 5.74) is 1.64. The van der Waals surface area contributed by atoms with Gasteiger partial charge < -0.3 is 29.3 Å². The van der Waals surface area contributed by atoms with Crippen LogP contribution < -0.4 is 10.6 Å². The zero-order valence-electron chi connectivity index (χ0n) is 20.3. The van der Waals surface area contributed by atoms with Gasteiger partial charge in [-0.15, -0.1) is 0 Å². The summed E-state index contributed by atoms with van der Waals surface area (Å²) in [6, 6.07) is 9.17. The van der Waals surface area contributed by atoms with Crippen molar-refractivity contribution in [2.45, 2.75) is 44.2 Å². The number of carbonyl (C=O) groups excluding carboxylic acids is 1. The Hall–Kier alpha value is -3.23. The quantitative estimate of drug-likeness (QED) is 0.289. The first-order valence-electron chi connectivity index (χ1n) is 11.9. The number of aromatic nitrogens is 4. The Balaban J connectivity index is 1.40. The van der Waals surface area contributed by atoms with E-state index in [0.29, 0.717) is 17.7 Å². The number of hydrogen-bond donors (Lipinski definition) is 4. The molecule has 2 amide bonds. The van der Waals surface area contributed by atoms with E-state index in [1.165, 1.54) is 12.7 Å². The third-order valence-electron chi connectivity index (χ3n) is 5.92. The topological polar surface area (TPSA) is 179 Å². The molecule has 4 unspecified atom stereocenters. The molecule has 14 nitrogen and oxygen atoms in total. The fourth-order valence-electron chi connectivity index (χ4n) is 4.25. The number of benzene rings is 1. The van der Waals surface area contributed by atoms with E-state index in [-0.39, 0.29) is 5.82 Å². The molecular weight excluding hydrogens is 519 g/mol. The number of amides is 2. The Morgan fingerprint density at radius 3 is 2.71 bits per heavy atom. The SMILES string of the molecule is CCCNC(=O)Nc1ncnc2c1ncn2C1O[C@H](COP(=O)(O)O)C2OC(/C=C/c3ccccc3)OC21. The molecule has 0 aliphatic carbocycles. The minimum absolute atomic E-state index is 0.213. The molecule has 0 bridgehead atoms. The van der Waals surface area contributed by atoms with E-state index < -0.39 is 51.3 Å². The van der Waals surface area contributed by atoms with Gasteiger partial charge in [-0.3, -0.25) is 14.4 Å². The molecule has 4 heterocycles. The number of rotatable bonds is 9. The summed E-state index contributed by atoms with van der Waals surface area (Å²) in [6.45, 7) is 2.02. The first kappa shape index (κ1) is 26.4. The van der Waals surface area contributed by atoms with Crippen molar-refractivity contribution < 1.29 is 37.9 Å². The summed E-state index contributed by atoms with van der Waals surface area (Å²) in [4.78, 5) is 43.4. The largest absolute Gasteiger partial charge is 0.469 e. The summed E-state index contributed by atoms with van der Waals surface area (Å²) >= 11 is 0. The standard InChI is InChI=1S/C23H27N6O8P/c1-2-10-24-23(30)28-20-17-21(26-12-25-20)29(13-27-17)22-19-18(15(35-22)11-34-38(31,32)33)36-16(37-19)9-8-14-6-4-3-5-7-14/h3-9,12-13,15-16,18-19,22H,2,10-11H2,1H3,(H2,31,32,33)(H2,24,25,26,28,30)/b9-8+/t15-,16?,18?,19?,22?/m1/s1. The Labute approximate surface area is 217 Å². The highest BCUT2D eigenvalue weighted by molar-refractivity contribution is 7.46. The second kappa shape index (κ2) is 11.3. The number of nitrogens with one attached hydrogen (secondary N) is 2. The molecule has 2 aliphatic heterocycles. The van der Waals surface area contributed by atoms with Crippen molar-refractivity contribution in [1.82, 2.24) is 24.8 Å². The second-order valence-corrected chi connectivity index (χ2v) is 9.86. The number of ether oxygens (including phenoxy) is 3. The Morgan fingerprint density at radius 1 is 1.16 bits per heavy atom. The lowest BCUT2D eigenvalue weighted by molar-refractivity contribution is -0.132. The highest BCUT2D eigenvalue weighted by atomic mass is 31.2. The summed E-state index contributed by atoms with van der Waals surface area (Å²) in [5, 5.41) is 5.37. The molecule has 0 saturated carbocycles. The number of phosphoric ester groups is 1. The monoisotopic (exact) mass is 546 g/mol. The van der Waals surface area contributed by atoms with Gasteiger partial charge in [-0.05, 0) is 18.1 Å². The number of urea groups is 1. The van der Waals surface area contributed by atoms with Gasteiger partial charge in [0, 0.05) is 6.54 Å². The molecule has 2 aromatic heterocycles. The third-order valence-corrected chi connectivity index (χ3v) is 6.41. The number of fused-ring (bicyclic) bond motifs is 2. The van der Waals surface area contributed by atoms with E-state index in [9.17, 15) is 19.1 Å². The molecule has 1 aromatic carbocycles. The number of hydrogen-bond acceptors (Lipinski definition) is 9. The van der Waals surface area contributed by atoms with Gasteiger partial charge in [0.2, 0.25) is 0 Å². The highest BCUT2D eigenvalue weighted by Gasteiger charge is 2.53. The van der Waals surface area contributed by atoms with Crippen LogP contribution in [0.3, 0.4) is 0 Å². The molecule has 5 rings (SSSR count). The van der Waals surface area contributed by atoms with Crippen molar-refractivity contribution in [3.63, 3.8) is 0 Å². The van der Waals surface area contributed by atoms with Crippen LogP contribution in [0.25, 0.3) is 17.2 Å². The van der Waals surface area contributed by atoms with Crippen LogP contribution in [0.4, 0.5) is 10.6 Å². The van der Waals surface area contributed by atoms with Crippen molar-refractivity contribution in [1.29, 1.82) is 0 Å². The fourth-order valence-corrected chi connectivity index (χ4v) is 4.59. The normalized spacial score (nSPS) is 25.2. The van der Waals surface area contributed by atoms with Gasteiger partial charge in [0.15, 0.2) is 29.5 Å². The van der Waals surface area contributed by atoms with Crippen LogP contribution in [0.2, 0.25) is 0 Å². The lowest BCUT2D eigenvalue weighted by Crippen LogP contribution is -2.31. The smallest absolute Gasteiger partial charge is 0.347 e. The van der Waals surface area contributed by atoms with Gasteiger partial charge in [-0.1, -0.05) is 43.3 Å². The molecule has 202 valence electrons. The van der Waals surface area contributed by atoms with Crippen LogP contribution >= 0.6 is 7.82 Å². The maximum atomic E-state index is 12.2. The van der Waals surface area contributed by atoms with E-state index in [0.717, 1.165) is 12.0 Å². The predicted octanol–water partition coefficient (Wildman–Crippen LogP) is 2.19. The zero-order valence-corrected chi connectivity index (χ0v) is 21.2. The first-order chi connectivity index (χ1) is 18.3. The molecule has 0 radical (unpaired) electrons. The van der Waals surface area contributed by atoms with Gasteiger partial charge in [0.25, 0.3) is 0 Å². The molecule has 3 aromatic rings. The highest BCUT2D eigenvalue weighted by Crippen LogP contribution is 2.43. The fraction of sp³-hybridized carbons (Fsp3) is 0.391. The number of phosphoric acid groups is 1. The van der Waals surface area contributed by atoms with Crippen LogP contribution in [-0.4, -0.2) is 73.1 Å². The Morgan fingerprint density at radius 2 is 1.95 bits per heavy atom. The average Bonchev–Trinajstić information content (AvgIpc) is 3.59. The number of nitrogens with zero attached hydrogens (tertiary/aromatic N) is 4. The zero-order chi connectivity index (χ0) is 26.7. The van der Waals surface area contributed by atoms with Gasteiger partial charge in [-0.25, -0.2) is 24.3 Å². The summed E-state index contributed by atoms with van der Waals surface area (Å²) in [5.74, 6) is 0.213. The molecule has 5 atom stereocenters. The van der Waals surface area contributed by atoms with Crippen LogP contribution in [0.15, 0.2) is 49.1 Å². The van der Waals surface area contributed by atoms with E-state index in [4.69, 9.17) is 18.7 Å². The van der Waals surface area contributed by atoms with Crippen molar-refractivity contribution in [3.05, 3.63) is 54.6 Å². The van der Waals surface area contributed by atoms with E-state index in [1.807, 2.05) is 43.3 Å². The minimum atomic E-state index is -4.75. The van der Waals surface area contributed by atoms with Gasteiger partial charge in [-0.2, -0.15) is 0 Å². The third kappa shape index (κ3) is 5.92. The second-order valence-electron chi connectivity index (χ2n) is 8.62. The molecule has 2 fully saturated rings. The van der Waals surface area contributed by atoms with Gasteiger partial charge in [0.05, 0.1) is 12.9 Å². The van der Waals surface area contributed by atoms with Crippen LogP contribution in [0.1, 0.15) is 25.1 Å². The maximum Gasteiger partial charge on any atom is 0.469 e. The predicted molar refractivity (Wildman–Crippen MR) is 134 cm³/mol. The summed E-state index contributed by atoms with van der Waals surface area (Å²) in [6.07, 6.45) is 3.34. The molecule has 38 heavy (non-hydrogen) atoms. The maximum absolute atomic E-state index is 12.2. The van der Waals surface area contributed by atoms with Crippen molar-refractivity contribution in [3.8, 4) is 0 Å². The number of imidazole rings is 1. The molecular formula is C23H27N6O8P. The molecule has 0 spiro atoms. The van der Waals surface area contributed by atoms with Crippen LogP contribution in [0, 0.1) is 0 Å². The summed E-state index contributed by atoms with van der Waals surface area (Å²) < 4.78 is 35.9. The molecule has 2 saturated heterocycles. The van der Waals surface area contributed by atoms with Gasteiger partial charge >= 0.3 is 13.9 Å². The van der Waals surface area contributed by atoms with Crippen molar-refractivity contribution in [2.24, 2.45) is 0 Å². The number of carbonyl (C=O) groups is 1. The Kier molecular flexibility index (Phi) is 7.81. The lowest BCUT2D eigenvalue weighted by atomic mass is 10.1. The summed E-state index contributed by atoms with van der Waals surface area (Å²) in [7, 11) is -4.75. The molecule has 15 heteroatoms. The molecule has 2 aliphatic rings. The van der Waals surface area contributed by atoms with Crippen LogP contribution in [0.5, 0.6) is 0 Å². The Bertz CT molecular complexity index is 1350.